The third kappa shape index (κ3) is 3.27. The minimum absolute atomic E-state index is 0.103. The summed E-state index contributed by atoms with van der Waals surface area (Å²) in [4.78, 5) is 27.9. The third-order valence-corrected chi connectivity index (χ3v) is 7.08. The Balaban J connectivity index is 1.59. The van der Waals surface area contributed by atoms with Gasteiger partial charge < -0.3 is 10.0 Å². The number of benzene rings is 1. The molecule has 0 bridgehead atoms. The number of amides is 1. The van der Waals surface area contributed by atoms with E-state index in [1.54, 1.807) is 0 Å². The number of nitrogens with zero attached hydrogens (tertiary/aromatic N) is 2. The van der Waals surface area contributed by atoms with Crippen molar-refractivity contribution >= 4 is 51.9 Å². The molecule has 1 N–H and O–H groups in total. The van der Waals surface area contributed by atoms with Gasteiger partial charge in [-0.25, -0.2) is 0 Å². The van der Waals surface area contributed by atoms with Crippen molar-refractivity contribution in [2.45, 2.75) is 44.6 Å². The van der Waals surface area contributed by atoms with Crippen LogP contribution in [0, 0.1) is 0 Å². The molecular weight excluding hydrogens is 380 g/mol. The van der Waals surface area contributed by atoms with Gasteiger partial charge in [0.2, 0.25) is 0 Å². The van der Waals surface area contributed by atoms with Crippen molar-refractivity contribution in [3.05, 3.63) is 34.2 Å². The fraction of sp³-hybridized carbons (Fsp3) is 0.450. The largest absolute Gasteiger partial charge is 0.481 e. The number of rotatable bonds is 5. The normalized spacial score (nSPS) is 25.4. The van der Waals surface area contributed by atoms with Crippen LogP contribution in [-0.2, 0) is 9.59 Å². The van der Waals surface area contributed by atoms with Crippen molar-refractivity contribution in [2.24, 2.45) is 0 Å². The van der Waals surface area contributed by atoms with E-state index < -0.39 is 5.97 Å². The van der Waals surface area contributed by atoms with E-state index >= 15 is 0 Å². The first-order chi connectivity index (χ1) is 13.0. The summed E-state index contributed by atoms with van der Waals surface area (Å²) in [7, 11) is 0. The van der Waals surface area contributed by atoms with Gasteiger partial charge in [-0.15, -0.1) is 0 Å². The molecule has 0 aromatic heterocycles. The number of hydrogen-bond donors (Lipinski definition) is 1. The Bertz CT molecular complexity index is 852. The molecule has 2 unspecified atom stereocenters. The number of thioether (sulfide) groups is 1. The summed E-state index contributed by atoms with van der Waals surface area (Å²) in [6.07, 6.45) is 5.55. The Morgan fingerprint density at radius 3 is 2.96 bits per heavy atom. The lowest BCUT2D eigenvalue weighted by atomic mass is 9.96. The van der Waals surface area contributed by atoms with E-state index in [0.29, 0.717) is 21.2 Å². The molecule has 4 rings (SSSR count). The number of likely N-dealkylation sites (N-methyl/N-ethyl adjacent to an activating group) is 1. The summed E-state index contributed by atoms with van der Waals surface area (Å²) in [6, 6.07) is 7.08. The maximum atomic E-state index is 12.6. The highest BCUT2D eigenvalue weighted by Crippen LogP contribution is 2.49. The Morgan fingerprint density at radius 2 is 2.22 bits per heavy atom. The number of fused-ring (bicyclic) bond motifs is 3. The van der Waals surface area contributed by atoms with Crippen LogP contribution in [0.5, 0.6) is 0 Å². The molecule has 0 radical (unpaired) electrons. The number of carbonyl (C=O) groups is 2. The highest BCUT2D eigenvalue weighted by atomic mass is 32.2. The van der Waals surface area contributed by atoms with Gasteiger partial charge in [-0.1, -0.05) is 36.5 Å². The first-order valence-electron chi connectivity index (χ1n) is 9.37. The summed E-state index contributed by atoms with van der Waals surface area (Å²) in [5.41, 5.74) is 3.74. The van der Waals surface area contributed by atoms with Crippen LogP contribution in [0.4, 0.5) is 5.69 Å². The van der Waals surface area contributed by atoms with Crippen LogP contribution in [0.15, 0.2) is 23.1 Å². The second-order valence-electron chi connectivity index (χ2n) is 7.19. The van der Waals surface area contributed by atoms with E-state index in [1.807, 2.05) is 6.08 Å². The molecule has 7 heteroatoms. The van der Waals surface area contributed by atoms with E-state index in [-0.39, 0.29) is 18.9 Å². The Labute approximate surface area is 168 Å². The van der Waals surface area contributed by atoms with Crippen molar-refractivity contribution in [3.8, 4) is 0 Å². The molecular formula is C20H22N2O3S2. The molecule has 2 fully saturated rings. The van der Waals surface area contributed by atoms with Gasteiger partial charge in [-0.3, -0.25) is 14.5 Å². The second kappa shape index (κ2) is 7.28. The third-order valence-electron chi connectivity index (χ3n) is 5.70. The monoisotopic (exact) mass is 402 g/mol. The molecule has 0 spiro atoms. The van der Waals surface area contributed by atoms with Crippen molar-refractivity contribution in [2.75, 3.05) is 18.0 Å². The molecule has 1 aromatic rings. The highest BCUT2D eigenvalue weighted by molar-refractivity contribution is 8.26. The van der Waals surface area contributed by atoms with Gasteiger partial charge in [0.25, 0.3) is 5.91 Å². The Kier molecular flexibility index (Phi) is 4.99. The van der Waals surface area contributed by atoms with Crippen molar-refractivity contribution in [1.29, 1.82) is 0 Å². The van der Waals surface area contributed by atoms with Crippen molar-refractivity contribution in [3.63, 3.8) is 0 Å². The number of anilines is 1. The van der Waals surface area contributed by atoms with Crippen molar-refractivity contribution < 1.29 is 14.7 Å². The highest BCUT2D eigenvalue weighted by Gasteiger charge is 2.40. The zero-order valence-corrected chi connectivity index (χ0v) is 16.8. The number of aliphatic carboxylic acids is 1. The fourth-order valence-electron chi connectivity index (χ4n) is 4.53. The van der Waals surface area contributed by atoms with E-state index in [0.717, 1.165) is 12.1 Å². The molecule has 1 amide bonds. The van der Waals surface area contributed by atoms with Crippen molar-refractivity contribution in [1.82, 2.24) is 4.90 Å². The summed E-state index contributed by atoms with van der Waals surface area (Å²) in [6.45, 7) is 3.35. The fourth-order valence-corrected chi connectivity index (χ4v) is 5.84. The van der Waals surface area contributed by atoms with E-state index in [2.05, 4.69) is 30.0 Å². The van der Waals surface area contributed by atoms with Gasteiger partial charge in [0.1, 0.15) is 4.32 Å². The van der Waals surface area contributed by atoms with Gasteiger partial charge in [-0.05, 0) is 49.1 Å². The Hall–Kier alpha value is -1.86. The zero-order chi connectivity index (χ0) is 19.1. The van der Waals surface area contributed by atoms with Crippen LogP contribution in [0.25, 0.3) is 6.08 Å². The lowest BCUT2D eigenvalue weighted by Gasteiger charge is -2.25. The predicted molar refractivity (Wildman–Crippen MR) is 112 cm³/mol. The predicted octanol–water partition coefficient (Wildman–Crippen LogP) is 3.84. The first kappa shape index (κ1) is 18.5. The summed E-state index contributed by atoms with van der Waals surface area (Å²) >= 11 is 6.51. The van der Waals surface area contributed by atoms with Crippen LogP contribution in [0.2, 0.25) is 0 Å². The molecule has 2 heterocycles. The van der Waals surface area contributed by atoms with Crippen LogP contribution in [0.3, 0.4) is 0 Å². The maximum absolute atomic E-state index is 12.6. The average Bonchev–Trinajstić information content (AvgIpc) is 3.28. The van der Waals surface area contributed by atoms with E-state index in [4.69, 9.17) is 17.3 Å². The number of thiocarbonyl (C=S) groups is 1. The Morgan fingerprint density at radius 1 is 1.41 bits per heavy atom. The van der Waals surface area contributed by atoms with E-state index in [9.17, 15) is 9.59 Å². The molecule has 3 aliphatic rings. The minimum atomic E-state index is -0.932. The van der Waals surface area contributed by atoms with Gasteiger partial charge in [0.15, 0.2) is 0 Å². The SMILES string of the molecule is CCN1c2ccc(/C=C3/SC(=S)N(CCC(=O)O)C3=O)cc2C2CCCC21. The van der Waals surface area contributed by atoms with Gasteiger partial charge in [0.05, 0.1) is 11.3 Å². The summed E-state index contributed by atoms with van der Waals surface area (Å²) < 4.78 is 0.432. The molecule has 5 nitrogen and oxygen atoms in total. The standard InChI is InChI=1S/C20H22N2O3S2/c1-2-21-15-5-3-4-13(15)14-10-12(6-7-16(14)21)11-17-19(25)22(20(26)27-17)9-8-18(23)24/h6-7,10-11,13,15H,2-5,8-9H2,1H3,(H,23,24)/b17-11+. The quantitative estimate of drug-likeness (QED) is 0.596. The lowest BCUT2D eigenvalue weighted by Crippen LogP contribution is -2.30. The van der Waals surface area contributed by atoms with Crippen LogP contribution in [0.1, 0.15) is 49.7 Å². The number of carboxylic acid groups (broad SMARTS) is 1. The van der Waals surface area contributed by atoms with Crippen LogP contribution < -0.4 is 4.90 Å². The molecule has 1 saturated heterocycles. The molecule has 2 atom stereocenters. The van der Waals surface area contributed by atoms with Crippen LogP contribution in [-0.4, -0.2) is 45.3 Å². The maximum Gasteiger partial charge on any atom is 0.305 e. The number of hydrogen-bond acceptors (Lipinski definition) is 5. The van der Waals surface area contributed by atoms with E-state index in [1.165, 1.54) is 47.2 Å². The summed E-state index contributed by atoms with van der Waals surface area (Å²) in [5.74, 6) is -0.530. The molecule has 1 aliphatic carbocycles. The average molecular weight is 403 g/mol. The summed E-state index contributed by atoms with van der Waals surface area (Å²) in [5, 5.41) is 8.85. The molecule has 1 aromatic carbocycles. The number of carboxylic acids is 1. The molecule has 1 saturated carbocycles. The van der Waals surface area contributed by atoms with Gasteiger partial charge >= 0.3 is 5.97 Å². The van der Waals surface area contributed by atoms with Gasteiger partial charge in [-0.2, -0.15) is 0 Å². The first-order valence-corrected chi connectivity index (χ1v) is 10.6. The minimum Gasteiger partial charge on any atom is -0.481 e. The smallest absolute Gasteiger partial charge is 0.305 e. The molecule has 2 aliphatic heterocycles. The zero-order valence-electron chi connectivity index (χ0n) is 15.2. The molecule has 142 valence electrons. The van der Waals surface area contributed by atoms with Gasteiger partial charge in [0, 0.05) is 30.7 Å². The molecule has 27 heavy (non-hydrogen) atoms. The second-order valence-corrected chi connectivity index (χ2v) is 8.86. The lowest BCUT2D eigenvalue weighted by molar-refractivity contribution is -0.137. The number of carbonyl (C=O) groups excluding carboxylic acids is 1. The topological polar surface area (TPSA) is 60.9 Å². The van der Waals surface area contributed by atoms with Crippen LogP contribution >= 0.6 is 24.0 Å².